The van der Waals surface area contributed by atoms with Crippen molar-refractivity contribution in [1.29, 1.82) is 0 Å². The summed E-state index contributed by atoms with van der Waals surface area (Å²) in [5.41, 5.74) is 5.22. The average molecular weight is 299 g/mol. The highest BCUT2D eigenvalue weighted by atomic mass is 32.1. The molecule has 0 aromatic carbocycles. The van der Waals surface area contributed by atoms with E-state index in [0.717, 1.165) is 32.5 Å². The third-order valence-electron chi connectivity index (χ3n) is 4.96. The minimum Gasteiger partial charge on any atom is -0.392 e. The third-order valence-corrected chi connectivity index (χ3v) is 5.35. The lowest BCUT2D eigenvalue weighted by atomic mass is 9.80. The molecule has 0 aromatic heterocycles. The van der Waals surface area contributed by atoms with Gasteiger partial charge in [-0.1, -0.05) is 33.0 Å². The number of amides is 1. The zero-order chi connectivity index (χ0) is 15.3. The quantitative estimate of drug-likeness (QED) is 0.762. The largest absolute Gasteiger partial charge is 0.392 e. The number of nitrogens with zero attached hydrogens (tertiary/aromatic N) is 2. The summed E-state index contributed by atoms with van der Waals surface area (Å²) in [4.78, 5) is 17.5. The summed E-state index contributed by atoms with van der Waals surface area (Å²) in [5, 5.41) is 0. The van der Waals surface area contributed by atoms with Gasteiger partial charge in [0.25, 0.3) is 0 Å². The van der Waals surface area contributed by atoms with Crippen LogP contribution in [0.5, 0.6) is 0 Å². The van der Waals surface area contributed by atoms with Crippen LogP contribution in [0.1, 0.15) is 46.5 Å². The highest BCUT2D eigenvalue weighted by Crippen LogP contribution is 2.31. The minimum absolute atomic E-state index is 0.102. The topological polar surface area (TPSA) is 49.6 Å². The van der Waals surface area contributed by atoms with Gasteiger partial charge in [-0.2, -0.15) is 0 Å². The summed E-state index contributed by atoms with van der Waals surface area (Å²) in [6.07, 6.45) is 3.43. The second kappa shape index (κ2) is 7.36. The van der Waals surface area contributed by atoms with Gasteiger partial charge in [-0.25, -0.2) is 0 Å². The molecule has 0 unspecified atom stereocenters. The minimum atomic E-state index is -0.661. The van der Waals surface area contributed by atoms with Crippen LogP contribution in [0.25, 0.3) is 0 Å². The molecule has 1 rings (SSSR count). The molecule has 1 heterocycles. The van der Waals surface area contributed by atoms with Crippen LogP contribution in [0.3, 0.4) is 0 Å². The SMILES string of the molecule is CCN1CCC(N(C)C(=O)C(CC)(CC)C(N)=S)CC1. The van der Waals surface area contributed by atoms with Crippen molar-refractivity contribution in [3.63, 3.8) is 0 Å². The fraction of sp³-hybridized carbons (Fsp3) is 0.867. The molecule has 0 radical (unpaired) electrons. The van der Waals surface area contributed by atoms with Crippen LogP contribution >= 0.6 is 12.2 Å². The van der Waals surface area contributed by atoms with Crippen molar-refractivity contribution < 1.29 is 4.79 Å². The van der Waals surface area contributed by atoms with Crippen LogP contribution in [0.15, 0.2) is 0 Å². The van der Waals surface area contributed by atoms with Crippen LogP contribution in [0.4, 0.5) is 0 Å². The van der Waals surface area contributed by atoms with E-state index in [4.69, 9.17) is 18.0 Å². The van der Waals surface area contributed by atoms with Crippen molar-refractivity contribution >= 4 is 23.1 Å². The van der Waals surface area contributed by atoms with Gasteiger partial charge < -0.3 is 15.5 Å². The molecule has 0 aliphatic carbocycles. The van der Waals surface area contributed by atoms with Crippen molar-refractivity contribution in [2.75, 3.05) is 26.7 Å². The highest BCUT2D eigenvalue weighted by molar-refractivity contribution is 7.80. The lowest BCUT2D eigenvalue weighted by Gasteiger charge is -2.40. The fourth-order valence-corrected chi connectivity index (χ4v) is 3.51. The molecule has 1 amide bonds. The van der Waals surface area contributed by atoms with E-state index in [2.05, 4.69) is 11.8 Å². The number of thiocarbonyl (C=S) groups is 1. The average Bonchev–Trinajstić information content (AvgIpc) is 2.48. The number of carbonyl (C=O) groups excluding carboxylic acids is 1. The highest BCUT2D eigenvalue weighted by Gasteiger charge is 2.41. The Balaban J connectivity index is 2.78. The van der Waals surface area contributed by atoms with Gasteiger partial charge in [0.15, 0.2) is 0 Å². The summed E-state index contributed by atoms with van der Waals surface area (Å²) in [6.45, 7) is 9.39. The second-order valence-corrected chi connectivity index (χ2v) is 6.17. The fourth-order valence-electron chi connectivity index (χ4n) is 3.13. The number of hydrogen-bond donors (Lipinski definition) is 1. The molecule has 116 valence electrons. The van der Waals surface area contributed by atoms with Crippen molar-refractivity contribution in [2.45, 2.75) is 52.5 Å². The Hall–Kier alpha value is -0.680. The maximum Gasteiger partial charge on any atom is 0.235 e. The number of carbonyl (C=O) groups is 1. The third kappa shape index (κ3) is 3.31. The Morgan fingerprint density at radius 2 is 1.80 bits per heavy atom. The zero-order valence-electron chi connectivity index (χ0n) is 13.3. The number of rotatable bonds is 6. The first-order valence-electron chi connectivity index (χ1n) is 7.72. The molecule has 0 aromatic rings. The van der Waals surface area contributed by atoms with E-state index in [1.807, 2.05) is 25.8 Å². The molecule has 0 saturated carbocycles. The van der Waals surface area contributed by atoms with Gasteiger partial charge in [0.2, 0.25) is 5.91 Å². The predicted octanol–water partition coefficient (Wildman–Crippen LogP) is 2.02. The number of nitrogens with two attached hydrogens (primary N) is 1. The van der Waals surface area contributed by atoms with E-state index in [1.165, 1.54) is 0 Å². The zero-order valence-corrected chi connectivity index (χ0v) is 14.1. The molecule has 0 bridgehead atoms. The molecule has 1 fully saturated rings. The lowest BCUT2D eigenvalue weighted by Crippen LogP contribution is -2.53. The Morgan fingerprint density at radius 3 is 2.15 bits per heavy atom. The van der Waals surface area contributed by atoms with Gasteiger partial charge >= 0.3 is 0 Å². The monoisotopic (exact) mass is 299 g/mol. The molecule has 5 heteroatoms. The van der Waals surface area contributed by atoms with Crippen molar-refractivity contribution in [1.82, 2.24) is 9.80 Å². The van der Waals surface area contributed by atoms with Crippen LogP contribution < -0.4 is 5.73 Å². The van der Waals surface area contributed by atoms with Crippen molar-refractivity contribution in [2.24, 2.45) is 11.1 Å². The van der Waals surface area contributed by atoms with Gasteiger partial charge in [0, 0.05) is 26.2 Å². The van der Waals surface area contributed by atoms with E-state index in [9.17, 15) is 4.79 Å². The standard InChI is InChI=1S/C15H29N3OS/c1-5-15(6-2,13(16)20)14(19)17(4)12-8-10-18(7-3)11-9-12/h12H,5-11H2,1-4H3,(H2,16,20). The Labute approximate surface area is 128 Å². The number of hydrogen-bond acceptors (Lipinski definition) is 3. The van der Waals surface area contributed by atoms with Gasteiger partial charge in [-0.3, -0.25) is 4.79 Å². The second-order valence-electron chi connectivity index (χ2n) is 5.73. The maximum absolute atomic E-state index is 12.9. The van der Waals surface area contributed by atoms with E-state index in [1.54, 1.807) is 0 Å². The molecule has 20 heavy (non-hydrogen) atoms. The summed E-state index contributed by atoms with van der Waals surface area (Å²) in [5.74, 6) is 0.102. The summed E-state index contributed by atoms with van der Waals surface area (Å²) in [6, 6.07) is 0.317. The van der Waals surface area contributed by atoms with Crippen LogP contribution in [-0.4, -0.2) is 53.4 Å². The molecule has 2 N–H and O–H groups in total. The summed E-state index contributed by atoms with van der Waals surface area (Å²) < 4.78 is 0. The van der Waals surface area contributed by atoms with Gasteiger partial charge in [0.05, 0.1) is 10.4 Å². The van der Waals surface area contributed by atoms with Crippen LogP contribution in [0.2, 0.25) is 0 Å². The van der Waals surface area contributed by atoms with E-state index < -0.39 is 5.41 Å². The smallest absolute Gasteiger partial charge is 0.235 e. The van der Waals surface area contributed by atoms with Crippen molar-refractivity contribution in [3.05, 3.63) is 0 Å². The van der Waals surface area contributed by atoms with Gasteiger partial charge in [0.1, 0.15) is 0 Å². The maximum atomic E-state index is 12.9. The van der Waals surface area contributed by atoms with Crippen LogP contribution in [-0.2, 0) is 4.79 Å². The first kappa shape index (κ1) is 17.4. The normalized spacial score (nSPS) is 18.0. The molecular weight excluding hydrogens is 270 g/mol. The van der Waals surface area contributed by atoms with E-state index in [-0.39, 0.29) is 5.91 Å². The number of piperidine rings is 1. The Kier molecular flexibility index (Phi) is 6.40. The lowest BCUT2D eigenvalue weighted by molar-refractivity contribution is -0.140. The molecule has 1 aliphatic rings. The Morgan fingerprint density at radius 1 is 1.30 bits per heavy atom. The Bertz CT molecular complexity index is 347. The molecule has 1 aliphatic heterocycles. The van der Waals surface area contributed by atoms with E-state index >= 15 is 0 Å². The first-order chi connectivity index (χ1) is 9.42. The molecule has 1 saturated heterocycles. The van der Waals surface area contributed by atoms with E-state index in [0.29, 0.717) is 23.9 Å². The summed E-state index contributed by atoms with van der Waals surface area (Å²) >= 11 is 5.18. The molecule has 0 spiro atoms. The molecule has 0 atom stereocenters. The predicted molar refractivity (Wildman–Crippen MR) is 87.7 cm³/mol. The van der Waals surface area contributed by atoms with Gasteiger partial charge in [-0.15, -0.1) is 0 Å². The van der Waals surface area contributed by atoms with Crippen LogP contribution in [0, 0.1) is 5.41 Å². The van der Waals surface area contributed by atoms with Crippen molar-refractivity contribution in [3.8, 4) is 0 Å². The van der Waals surface area contributed by atoms with Gasteiger partial charge in [-0.05, 0) is 32.2 Å². The number of likely N-dealkylation sites (tertiary alicyclic amines) is 1. The molecule has 4 nitrogen and oxygen atoms in total. The summed E-state index contributed by atoms with van der Waals surface area (Å²) in [7, 11) is 1.91. The first-order valence-corrected chi connectivity index (χ1v) is 8.13. The molecular formula is C15H29N3OS.